The van der Waals surface area contributed by atoms with Crippen molar-refractivity contribution < 1.29 is 9.90 Å². The molecule has 66 valence electrons. The number of aromatic nitrogens is 2. The molecule has 1 aromatic heterocycles. The molecule has 12 heavy (non-hydrogen) atoms. The van der Waals surface area contributed by atoms with Gasteiger partial charge in [0.2, 0.25) is 5.91 Å². The van der Waals surface area contributed by atoms with Gasteiger partial charge in [-0.3, -0.25) is 4.79 Å². The van der Waals surface area contributed by atoms with Crippen LogP contribution in [0.25, 0.3) is 0 Å². The van der Waals surface area contributed by atoms with E-state index in [4.69, 9.17) is 5.11 Å². The normalized spacial score (nSPS) is 9.83. The summed E-state index contributed by atoms with van der Waals surface area (Å²) in [4.78, 5) is 14.7. The summed E-state index contributed by atoms with van der Waals surface area (Å²) < 4.78 is 1.60. The second kappa shape index (κ2) is 3.87. The van der Waals surface area contributed by atoms with Gasteiger partial charge in [-0.05, 0) is 0 Å². The van der Waals surface area contributed by atoms with Gasteiger partial charge in [0.15, 0.2) is 0 Å². The van der Waals surface area contributed by atoms with Crippen molar-refractivity contribution in [1.29, 1.82) is 0 Å². The van der Waals surface area contributed by atoms with Crippen LogP contribution < -0.4 is 5.32 Å². The maximum atomic E-state index is 10.9. The van der Waals surface area contributed by atoms with Crippen LogP contribution in [0.4, 0.5) is 0 Å². The molecule has 0 saturated carbocycles. The quantitative estimate of drug-likeness (QED) is 0.617. The Bertz CT molecular complexity index is 269. The van der Waals surface area contributed by atoms with Crippen LogP contribution in [0.15, 0.2) is 12.5 Å². The molecule has 1 amide bonds. The number of amides is 1. The molecule has 0 fully saturated rings. The van der Waals surface area contributed by atoms with Crippen molar-refractivity contribution in [2.24, 2.45) is 0 Å². The molecule has 0 spiro atoms. The van der Waals surface area contributed by atoms with E-state index in [2.05, 4.69) is 10.3 Å². The van der Waals surface area contributed by atoms with E-state index >= 15 is 0 Å². The molecule has 0 bridgehead atoms. The Kier molecular flexibility index (Phi) is 2.82. The third-order valence-electron chi connectivity index (χ3n) is 1.55. The van der Waals surface area contributed by atoms with E-state index in [-0.39, 0.29) is 19.1 Å². The standard InChI is InChI=1S/C7H11N3O2/c1-8-7(12)3-10-5-9-2-6(10)4-11/h2,5,11H,3-4H2,1H3,(H,8,12). The van der Waals surface area contributed by atoms with Crippen LogP contribution in [0, 0.1) is 0 Å². The van der Waals surface area contributed by atoms with Gasteiger partial charge >= 0.3 is 0 Å². The number of aliphatic hydroxyl groups excluding tert-OH is 1. The third-order valence-corrected chi connectivity index (χ3v) is 1.55. The van der Waals surface area contributed by atoms with E-state index in [1.54, 1.807) is 11.6 Å². The Balaban J connectivity index is 2.68. The van der Waals surface area contributed by atoms with E-state index in [0.717, 1.165) is 0 Å². The average Bonchev–Trinajstić information content (AvgIpc) is 2.51. The molecule has 0 aliphatic carbocycles. The van der Waals surface area contributed by atoms with E-state index < -0.39 is 0 Å². The summed E-state index contributed by atoms with van der Waals surface area (Å²) in [6.45, 7) is 0.101. The van der Waals surface area contributed by atoms with E-state index in [1.807, 2.05) is 0 Å². The van der Waals surface area contributed by atoms with Gasteiger partial charge in [-0.2, -0.15) is 0 Å². The first-order valence-electron chi connectivity index (χ1n) is 3.58. The van der Waals surface area contributed by atoms with Crippen molar-refractivity contribution in [1.82, 2.24) is 14.9 Å². The van der Waals surface area contributed by atoms with Crippen molar-refractivity contribution in [3.05, 3.63) is 18.2 Å². The Morgan fingerprint density at radius 3 is 3.17 bits per heavy atom. The highest BCUT2D eigenvalue weighted by Crippen LogP contribution is 1.97. The summed E-state index contributed by atoms with van der Waals surface area (Å²) >= 11 is 0. The fourth-order valence-corrected chi connectivity index (χ4v) is 0.856. The highest BCUT2D eigenvalue weighted by atomic mass is 16.3. The van der Waals surface area contributed by atoms with Gasteiger partial charge in [-0.25, -0.2) is 4.98 Å². The Hall–Kier alpha value is -1.36. The van der Waals surface area contributed by atoms with Crippen LogP contribution in [-0.4, -0.2) is 27.6 Å². The summed E-state index contributed by atoms with van der Waals surface area (Å²) in [5.41, 5.74) is 0.638. The molecular weight excluding hydrogens is 158 g/mol. The SMILES string of the molecule is CNC(=O)Cn1cncc1CO. The van der Waals surface area contributed by atoms with Crippen LogP contribution in [0.2, 0.25) is 0 Å². The van der Waals surface area contributed by atoms with Crippen molar-refractivity contribution in [2.75, 3.05) is 7.05 Å². The van der Waals surface area contributed by atoms with E-state index in [9.17, 15) is 4.79 Å². The number of carbonyl (C=O) groups is 1. The monoisotopic (exact) mass is 169 g/mol. The fourth-order valence-electron chi connectivity index (χ4n) is 0.856. The van der Waals surface area contributed by atoms with Crippen molar-refractivity contribution in [3.63, 3.8) is 0 Å². The van der Waals surface area contributed by atoms with Crippen molar-refractivity contribution >= 4 is 5.91 Å². The van der Waals surface area contributed by atoms with Crippen molar-refractivity contribution in [2.45, 2.75) is 13.2 Å². The summed E-state index contributed by atoms with van der Waals surface area (Å²) in [6, 6.07) is 0. The topological polar surface area (TPSA) is 67.2 Å². The number of aliphatic hydroxyl groups is 1. The van der Waals surface area contributed by atoms with E-state index in [1.165, 1.54) is 12.5 Å². The number of likely N-dealkylation sites (N-methyl/N-ethyl adjacent to an activating group) is 1. The first-order valence-corrected chi connectivity index (χ1v) is 3.58. The van der Waals surface area contributed by atoms with Gasteiger partial charge in [0.05, 0.1) is 24.8 Å². The van der Waals surface area contributed by atoms with Crippen LogP contribution in [0.5, 0.6) is 0 Å². The zero-order valence-corrected chi connectivity index (χ0v) is 6.82. The average molecular weight is 169 g/mol. The van der Waals surface area contributed by atoms with Gasteiger partial charge < -0.3 is 15.0 Å². The highest BCUT2D eigenvalue weighted by molar-refractivity contribution is 5.75. The number of rotatable bonds is 3. The molecule has 1 rings (SSSR count). The lowest BCUT2D eigenvalue weighted by Gasteiger charge is -2.03. The maximum absolute atomic E-state index is 10.9. The van der Waals surface area contributed by atoms with Crippen LogP contribution in [-0.2, 0) is 17.9 Å². The maximum Gasteiger partial charge on any atom is 0.239 e. The molecule has 5 heteroatoms. The highest BCUT2D eigenvalue weighted by Gasteiger charge is 2.03. The second-order valence-corrected chi connectivity index (χ2v) is 2.34. The lowest BCUT2D eigenvalue weighted by Crippen LogP contribution is -2.23. The molecule has 1 aromatic rings. The summed E-state index contributed by atoms with van der Waals surface area (Å²) in [7, 11) is 1.57. The number of nitrogens with one attached hydrogen (secondary N) is 1. The lowest BCUT2D eigenvalue weighted by molar-refractivity contribution is -0.121. The van der Waals surface area contributed by atoms with Gasteiger partial charge in [-0.1, -0.05) is 0 Å². The second-order valence-electron chi connectivity index (χ2n) is 2.34. The minimum atomic E-state index is -0.109. The molecule has 2 N–H and O–H groups in total. The Morgan fingerprint density at radius 1 is 1.83 bits per heavy atom. The molecular formula is C7H11N3O2. The van der Waals surface area contributed by atoms with Gasteiger partial charge in [-0.15, -0.1) is 0 Å². The van der Waals surface area contributed by atoms with Crippen LogP contribution in [0.1, 0.15) is 5.69 Å². The Morgan fingerprint density at radius 2 is 2.58 bits per heavy atom. The molecule has 5 nitrogen and oxygen atoms in total. The van der Waals surface area contributed by atoms with Gasteiger partial charge in [0.1, 0.15) is 6.54 Å². The summed E-state index contributed by atoms with van der Waals surface area (Å²) in [6.07, 6.45) is 3.05. The zero-order valence-electron chi connectivity index (χ0n) is 6.82. The molecule has 0 unspecified atom stereocenters. The zero-order chi connectivity index (χ0) is 8.97. The number of imidazole rings is 1. The first kappa shape index (κ1) is 8.73. The number of hydrogen-bond donors (Lipinski definition) is 2. The predicted molar refractivity (Wildman–Crippen MR) is 42.2 cm³/mol. The van der Waals surface area contributed by atoms with Crippen molar-refractivity contribution in [3.8, 4) is 0 Å². The largest absolute Gasteiger partial charge is 0.390 e. The minimum absolute atomic E-state index is 0.100. The fraction of sp³-hybridized carbons (Fsp3) is 0.429. The van der Waals surface area contributed by atoms with E-state index in [0.29, 0.717) is 5.69 Å². The van der Waals surface area contributed by atoms with Crippen LogP contribution in [0.3, 0.4) is 0 Å². The molecule has 0 saturated heterocycles. The smallest absolute Gasteiger partial charge is 0.239 e. The molecule has 0 aromatic carbocycles. The third kappa shape index (κ3) is 1.82. The van der Waals surface area contributed by atoms with Gasteiger partial charge in [0.25, 0.3) is 0 Å². The molecule has 0 atom stereocenters. The predicted octanol–water partition coefficient (Wildman–Crippen LogP) is -0.879. The molecule has 1 heterocycles. The minimum Gasteiger partial charge on any atom is -0.390 e. The summed E-state index contributed by atoms with van der Waals surface area (Å²) in [5.74, 6) is -0.109. The summed E-state index contributed by atoms with van der Waals surface area (Å²) in [5, 5.41) is 11.3. The number of carbonyl (C=O) groups excluding carboxylic acids is 1. The van der Waals surface area contributed by atoms with Crippen LogP contribution >= 0.6 is 0 Å². The molecule has 0 radical (unpaired) electrons. The molecule has 0 aliphatic rings. The lowest BCUT2D eigenvalue weighted by atomic mass is 10.4. The Labute approximate surface area is 70.0 Å². The van der Waals surface area contributed by atoms with Gasteiger partial charge in [0, 0.05) is 7.05 Å². The first-order chi connectivity index (χ1) is 5.77. The molecule has 0 aliphatic heterocycles. The number of hydrogen-bond acceptors (Lipinski definition) is 3. The number of nitrogens with zero attached hydrogens (tertiary/aromatic N) is 2.